The van der Waals surface area contributed by atoms with Crippen LogP contribution in [0.1, 0.15) is 29.4 Å². The van der Waals surface area contributed by atoms with Crippen molar-refractivity contribution in [2.45, 2.75) is 33.7 Å². The third-order valence-electron chi connectivity index (χ3n) is 2.99. The molecule has 0 aliphatic heterocycles. The van der Waals surface area contributed by atoms with Crippen LogP contribution >= 0.6 is 0 Å². The summed E-state index contributed by atoms with van der Waals surface area (Å²) in [6.07, 6.45) is 4.81. The second kappa shape index (κ2) is 5.16. The zero-order chi connectivity index (χ0) is 13.1. The summed E-state index contributed by atoms with van der Waals surface area (Å²) in [4.78, 5) is 8.67. The maximum Gasteiger partial charge on any atom is 0.223 e. The van der Waals surface area contributed by atoms with Gasteiger partial charge in [0.2, 0.25) is 5.95 Å². The third-order valence-corrected chi connectivity index (χ3v) is 2.99. The van der Waals surface area contributed by atoms with Gasteiger partial charge in [0.1, 0.15) is 0 Å². The Kier molecular flexibility index (Phi) is 3.60. The van der Waals surface area contributed by atoms with Crippen molar-refractivity contribution >= 4 is 5.95 Å². The lowest BCUT2D eigenvalue weighted by atomic mass is 10.2. The molecule has 0 bridgehead atoms. The zero-order valence-electron chi connectivity index (χ0n) is 11.4. The molecule has 0 aromatic carbocycles. The van der Waals surface area contributed by atoms with Crippen LogP contribution in [-0.4, -0.2) is 19.7 Å². The van der Waals surface area contributed by atoms with Crippen molar-refractivity contribution in [3.8, 4) is 0 Å². The first-order valence-electron chi connectivity index (χ1n) is 6.15. The first kappa shape index (κ1) is 12.5. The van der Waals surface area contributed by atoms with Crippen LogP contribution in [-0.2, 0) is 20.0 Å². The minimum absolute atomic E-state index is 0.670. The minimum atomic E-state index is 0.670. The highest BCUT2D eigenvalue weighted by molar-refractivity contribution is 5.31. The van der Waals surface area contributed by atoms with E-state index in [0.717, 1.165) is 23.4 Å². The largest absolute Gasteiger partial charge is 0.350 e. The number of aryl methyl sites for hydroxylation is 4. The minimum Gasteiger partial charge on any atom is -0.350 e. The van der Waals surface area contributed by atoms with Gasteiger partial charge < -0.3 is 5.32 Å². The molecule has 2 rings (SSSR count). The van der Waals surface area contributed by atoms with E-state index in [4.69, 9.17) is 0 Å². The molecule has 0 aliphatic carbocycles. The highest BCUT2D eigenvalue weighted by atomic mass is 15.3. The molecule has 0 atom stereocenters. The van der Waals surface area contributed by atoms with Gasteiger partial charge in [-0.2, -0.15) is 5.10 Å². The van der Waals surface area contributed by atoms with Crippen LogP contribution in [0.4, 0.5) is 5.95 Å². The fourth-order valence-electron chi connectivity index (χ4n) is 1.82. The van der Waals surface area contributed by atoms with E-state index in [1.165, 1.54) is 5.56 Å². The Balaban J connectivity index is 2.08. The monoisotopic (exact) mass is 245 g/mol. The van der Waals surface area contributed by atoms with Crippen LogP contribution in [0.2, 0.25) is 0 Å². The summed E-state index contributed by atoms with van der Waals surface area (Å²) < 4.78 is 1.84. The highest BCUT2D eigenvalue weighted by Gasteiger charge is 2.06. The van der Waals surface area contributed by atoms with Crippen molar-refractivity contribution in [2.24, 2.45) is 7.05 Å². The lowest BCUT2D eigenvalue weighted by Gasteiger charge is -2.06. The average molecular weight is 245 g/mol. The molecule has 96 valence electrons. The summed E-state index contributed by atoms with van der Waals surface area (Å²) in [5, 5.41) is 7.65. The summed E-state index contributed by atoms with van der Waals surface area (Å²) in [5.41, 5.74) is 4.43. The van der Waals surface area contributed by atoms with Gasteiger partial charge >= 0.3 is 0 Å². The number of aromatic nitrogens is 4. The lowest BCUT2D eigenvalue weighted by Crippen LogP contribution is -2.05. The third kappa shape index (κ3) is 2.67. The summed E-state index contributed by atoms with van der Waals surface area (Å²) in [5.74, 6) is 0.670. The fraction of sp³-hybridized carbons (Fsp3) is 0.462. The maximum absolute atomic E-state index is 4.41. The van der Waals surface area contributed by atoms with E-state index < -0.39 is 0 Å². The zero-order valence-corrected chi connectivity index (χ0v) is 11.4. The van der Waals surface area contributed by atoms with Gasteiger partial charge in [-0.1, -0.05) is 6.92 Å². The van der Waals surface area contributed by atoms with Gasteiger partial charge in [0.15, 0.2) is 0 Å². The van der Waals surface area contributed by atoms with Crippen molar-refractivity contribution < 1.29 is 0 Å². The van der Waals surface area contributed by atoms with Gasteiger partial charge in [-0.25, -0.2) is 9.97 Å². The summed E-state index contributed by atoms with van der Waals surface area (Å²) >= 11 is 0. The van der Waals surface area contributed by atoms with Gasteiger partial charge in [0, 0.05) is 37.2 Å². The molecule has 0 fully saturated rings. The Morgan fingerprint density at radius 1 is 1.33 bits per heavy atom. The molecule has 5 nitrogen and oxygen atoms in total. The molecule has 0 saturated heterocycles. The van der Waals surface area contributed by atoms with E-state index in [2.05, 4.69) is 27.3 Å². The second-order valence-corrected chi connectivity index (χ2v) is 4.44. The Hall–Kier alpha value is -1.91. The van der Waals surface area contributed by atoms with Gasteiger partial charge in [-0.3, -0.25) is 4.68 Å². The molecule has 2 aromatic heterocycles. The maximum atomic E-state index is 4.41. The van der Waals surface area contributed by atoms with Crippen molar-refractivity contribution in [1.29, 1.82) is 0 Å². The lowest BCUT2D eigenvalue weighted by molar-refractivity contribution is 0.746. The van der Waals surface area contributed by atoms with Crippen LogP contribution < -0.4 is 5.32 Å². The van der Waals surface area contributed by atoms with Crippen LogP contribution in [0.25, 0.3) is 0 Å². The van der Waals surface area contributed by atoms with Gasteiger partial charge in [-0.05, 0) is 25.8 Å². The van der Waals surface area contributed by atoms with Crippen molar-refractivity contribution in [1.82, 2.24) is 19.7 Å². The van der Waals surface area contributed by atoms with E-state index in [-0.39, 0.29) is 0 Å². The normalized spacial score (nSPS) is 10.7. The van der Waals surface area contributed by atoms with E-state index >= 15 is 0 Å². The van der Waals surface area contributed by atoms with Crippen molar-refractivity contribution in [3.63, 3.8) is 0 Å². The second-order valence-electron chi connectivity index (χ2n) is 4.44. The molecular weight excluding hydrogens is 226 g/mol. The summed E-state index contributed by atoms with van der Waals surface area (Å²) in [6, 6.07) is 0. The molecule has 2 heterocycles. The van der Waals surface area contributed by atoms with Gasteiger partial charge in [-0.15, -0.1) is 0 Å². The van der Waals surface area contributed by atoms with Gasteiger partial charge in [0.05, 0.1) is 5.69 Å². The molecule has 2 aromatic rings. The first-order valence-corrected chi connectivity index (χ1v) is 6.15. The predicted octanol–water partition coefficient (Wildman–Crippen LogP) is 2.00. The standard InChI is InChI=1S/C13H19N5/c1-5-12-11(8-18(4)17-12)7-15-13-14-6-9(2)10(3)16-13/h6,8H,5,7H2,1-4H3,(H,14,15,16). The highest BCUT2D eigenvalue weighted by Crippen LogP contribution is 2.10. The van der Waals surface area contributed by atoms with Gasteiger partial charge in [0.25, 0.3) is 0 Å². The molecular formula is C13H19N5. The number of nitrogens with one attached hydrogen (secondary N) is 1. The molecule has 0 saturated carbocycles. The molecule has 0 spiro atoms. The van der Waals surface area contributed by atoms with E-state index in [1.54, 1.807) is 0 Å². The number of hydrogen-bond donors (Lipinski definition) is 1. The number of nitrogens with zero attached hydrogens (tertiary/aromatic N) is 4. The van der Waals surface area contributed by atoms with Crippen molar-refractivity contribution in [3.05, 3.63) is 34.9 Å². The average Bonchev–Trinajstić information content (AvgIpc) is 2.71. The van der Waals surface area contributed by atoms with E-state index in [9.17, 15) is 0 Å². The van der Waals surface area contributed by atoms with E-state index in [0.29, 0.717) is 12.5 Å². The molecule has 0 unspecified atom stereocenters. The van der Waals surface area contributed by atoms with E-state index in [1.807, 2.05) is 38.0 Å². The Labute approximate surface area is 107 Å². The molecule has 5 heteroatoms. The SMILES string of the molecule is CCc1nn(C)cc1CNc1ncc(C)c(C)n1. The molecule has 0 radical (unpaired) electrons. The molecule has 1 N–H and O–H groups in total. The quantitative estimate of drug-likeness (QED) is 0.895. The Morgan fingerprint density at radius 2 is 2.11 bits per heavy atom. The topological polar surface area (TPSA) is 55.6 Å². The molecule has 0 aliphatic rings. The summed E-state index contributed by atoms with van der Waals surface area (Å²) in [7, 11) is 1.94. The predicted molar refractivity (Wildman–Crippen MR) is 71.4 cm³/mol. The summed E-state index contributed by atoms with van der Waals surface area (Å²) in [6.45, 7) is 6.82. The van der Waals surface area contributed by atoms with Crippen LogP contribution in [0.5, 0.6) is 0 Å². The first-order chi connectivity index (χ1) is 8.60. The number of rotatable bonds is 4. The Bertz CT molecular complexity index is 544. The van der Waals surface area contributed by atoms with Crippen molar-refractivity contribution in [2.75, 3.05) is 5.32 Å². The molecule has 0 amide bonds. The smallest absolute Gasteiger partial charge is 0.223 e. The number of hydrogen-bond acceptors (Lipinski definition) is 4. The fourth-order valence-corrected chi connectivity index (χ4v) is 1.82. The number of anilines is 1. The molecule has 18 heavy (non-hydrogen) atoms. The van der Waals surface area contributed by atoms with Crippen LogP contribution in [0.15, 0.2) is 12.4 Å². The van der Waals surface area contributed by atoms with Crippen LogP contribution in [0.3, 0.4) is 0 Å². The Morgan fingerprint density at radius 3 is 2.78 bits per heavy atom. The van der Waals surface area contributed by atoms with Crippen LogP contribution in [0, 0.1) is 13.8 Å².